The van der Waals surface area contributed by atoms with Gasteiger partial charge in [0.2, 0.25) is 10.0 Å². The highest BCUT2D eigenvalue weighted by molar-refractivity contribution is 7.89. The number of halogens is 3. The van der Waals surface area contributed by atoms with Crippen LogP contribution < -0.4 is 4.74 Å². The van der Waals surface area contributed by atoms with Crippen molar-refractivity contribution in [1.82, 2.24) is 14.2 Å². The number of rotatable bonds is 5. The fourth-order valence-electron chi connectivity index (χ4n) is 4.53. The summed E-state index contributed by atoms with van der Waals surface area (Å²) in [5.41, 5.74) is 0.129. The standard InChI is InChI=1S/C22H24F3N3O3S/c23-22(24,25)16-2-1-3-20(10-16)32(29,30)28-9-8-27-14-19(11-17(27)13-28)31-18-6-7-21(26-12-18)15-4-5-15/h1-3,6-7,10,12,15,17,19H,4-5,8-9,11,13-14H2/t17-,19-/m0/s1. The van der Waals surface area contributed by atoms with Gasteiger partial charge in [-0.15, -0.1) is 0 Å². The van der Waals surface area contributed by atoms with Crippen LogP contribution in [0.15, 0.2) is 47.5 Å². The molecule has 3 aliphatic rings. The monoisotopic (exact) mass is 467 g/mol. The van der Waals surface area contributed by atoms with Crippen LogP contribution in [0.2, 0.25) is 0 Å². The van der Waals surface area contributed by atoms with E-state index in [2.05, 4.69) is 9.88 Å². The molecular weight excluding hydrogens is 443 g/mol. The maximum atomic E-state index is 13.0. The molecule has 0 radical (unpaired) electrons. The van der Waals surface area contributed by atoms with Crippen LogP contribution in [0.1, 0.15) is 36.4 Å². The van der Waals surface area contributed by atoms with Crippen LogP contribution in [-0.4, -0.2) is 60.9 Å². The Hall–Kier alpha value is -2.17. The molecule has 1 aromatic heterocycles. The molecule has 172 valence electrons. The summed E-state index contributed by atoms with van der Waals surface area (Å²) in [6, 6.07) is 7.83. The lowest BCUT2D eigenvalue weighted by Crippen LogP contribution is -2.51. The number of nitrogens with zero attached hydrogens (tertiary/aromatic N) is 3. The largest absolute Gasteiger partial charge is 0.487 e. The SMILES string of the molecule is O=S(=O)(c1cccc(C(F)(F)F)c1)N1CCN2C[C@@H](Oc3ccc(C4CC4)nc3)C[C@H]2C1. The molecule has 1 saturated carbocycles. The minimum absolute atomic E-state index is 0.0342. The summed E-state index contributed by atoms with van der Waals surface area (Å²) in [5.74, 6) is 1.28. The number of alkyl halides is 3. The van der Waals surface area contributed by atoms with Gasteiger partial charge in [-0.05, 0) is 43.2 Å². The van der Waals surface area contributed by atoms with Crippen LogP contribution >= 0.6 is 0 Å². The summed E-state index contributed by atoms with van der Waals surface area (Å²) in [7, 11) is -4.01. The summed E-state index contributed by atoms with van der Waals surface area (Å²) in [6.07, 6.45) is 0.101. The second-order valence-corrected chi connectivity index (χ2v) is 10.6. The zero-order valence-electron chi connectivity index (χ0n) is 17.3. The number of pyridine rings is 1. The van der Waals surface area contributed by atoms with Crippen LogP contribution in [0.5, 0.6) is 5.75 Å². The van der Waals surface area contributed by atoms with Gasteiger partial charge in [0.1, 0.15) is 11.9 Å². The zero-order chi connectivity index (χ0) is 22.5. The summed E-state index contributed by atoms with van der Waals surface area (Å²) in [5, 5.41) is 0. The zero-order valence-corrected chi connectivity index (χ0v) is 18.1. The van der Waals surface area contributed by atoms with Crippen LogP contribution in [0, 0.1) is 0 Å². The van der Waals surface area contributed by atoms with Gasteiger partial charge in [-0.3, -0.25) is 9.88 Å². The average Bonchev–Trinajstić information content (AvgIpc) is 3.53. The third-order valence-corrected chi connectivity index (χ3v) is 8.26. The van der Waals surface area contributed by atoms with Crippen molar-refractivity contribution < 1.29 is 26.3 Å². The lowest BCUT2D eigenvalue weighted by atomic mass is 10.1. The Morgan fingerprint density at radius 3 is 2.56 bits per heavy atom. The molecule has 10 heteroatoms. The van der Waals surface area contributed by atoms with E-state index in [1.807, 2.05) is 12.1 Å². The van der Waals surface area contributed by atoms with Gasteiger partial charge in [0, 0.05) is 50.3 Å². The molecule has 2 atom stereocenters. The van der Waals surface area contributed by atoms with Crippen molar-refractivity contribution in [2.45, 2.75) is 48.4 Å². The fraction of sp³-hybridized carbons (Fsp3) is 0.500. The molecule has 1 aromatic carbocycles. The lowest BCUT2D eigenvalue weighted by molar-refractivity contribution is -0.137. The van der Waals surface area contributed by atoms with Gasteiger partial charge in [0.15, 0.2) is 0 Å². The maximum absolute atomic E-state index is 13.0. The number of aromatic nitrogens is 1. The Bertz CT molecular complexity index is 1090. The molecule has 2 aliphatic heterocycles. The van der Waals surface area contributed by atoms with Gasteiger partial charge < -0.3 is 4.74 Å². The minimum atomic E-state index is -4.59. The fourth-order valence-corrected chi connectivity index (χ4v) is 6.04. The van der Waals surface area contributed by atoms with Gasteiger partial charge in [0.05, 0.1) is 16.7 Å². The Labute approximate surface area is 185 Å². The molecule has 32 heavy (non-hydrogen) atoms. The van der Waals surface area contributed by atoms with E-state index < -0.39 is 21.8 Å². The second kappa shape index (κ2) is 8.00. The maximum Gasteiger partial charge on any atom is 0.416 e. The Morgan fingerprint density at radius 2 is 1.88 bits per heavy atom. The first-order chi connectivity index (χ1) is 15.2. The Kier molecular flexibility index (Phi) is 5.42. The van der Waals surface area contributed by atoms with Crippen molar-refractivity contribution in [3.63, 3.8) is 0 Å². The summed E-state index contributed by atoms with van der Waals surface area (Å²) in [6.45, 7) is 1.67. The molecule has 0 spiro atoms. The second-order valence-electron chi connectivity index (χ2n) is 8.71. The number of fused-ring (bicyclic) bond motifs is 1. The summed E-state index contributed by atoms with van der Waals surface area (Å²) < 4.78 is 72.5. The molecule has 5 rings (SSSR count). The van der Waals surface area contributed by atoms with Crippen LogP contribution in [0.25, 0.3) is 0 Å². The highest BCUT2D eigenvalue weighted by Crippen LogP contribution is 2.39. The predicted molar refractivity (Wildman–Crippen MR) is 111 cm³/mol. The van der Waals surface area contributed by atoms with Crippen LogP contribution in [-0.2, 0) is 16.2 Å². The van der Waals surface area contributed by atoms with Crippen LogP contribution in [0.4, 0.5) is 13.2 Å². The number of piperazine rings is 1. The molecule has 3 fully saturated rings. The molecule has 6 nitrogen and oxygen atoms in total. The first-order valence-electron chi connectivity index (χ1n) is 10.7. The van der Waals surface area contributed by atoms with Crippen molar-refractivity contribution in [1.29, 1.82) is 0 Å². The molecule has 0 N–H and O–H groups in total. The molecule has 0 amide bonds. The Morgan fingerprint density at radius 1 is 1.06 bits per heavy atom. The number of sulfonamides is 1. The van der Waals surface area contributed by atoms with Crippen molar-refractivity contribution in [2.24, 2.45) is 0 Å². The average molecular weight is 468 g/mol. The lowest BCUT2D eigenvalue weighted by Gasteiger charge is -2.36. The van der Waals surface area contributed by atoms with Gasteiger partial charge >= 0.3 is 6.18 Å². The van der Waals surface area contributed by atoms with E-state index in [9.17, 15) is 21.6 Å². The molecule has 2 saturated heterocycles. The molecule has 0 bridgehead atoms. The minimum Gasteiger partial charge on any atom is -0.487 e. The van der Waals surface area contributed by atoms with E-state index in [0.29, 0.717) is 37.2 Å². The first-order valence-corrected chi connectivity index (χ1v) is 12.2. The van der Waals surface area contributed by atoms with Crippen LogP contribution in [0.3, 0.4) is 0 Å². The number of benzene rings is 1. The van der Waals surface area contributed by atoms with Crippen molar-refractivity contribution in [3.05, 3.63) is 53.9 Å². The normalized spacial score (nSPS) is 25.0. The molecular formula is C22H24F3N3O3S. The predicted octanol–water partition coefficient (Wildman–Crippen LogP) is 3.50. The molecule has 0 unspecified atom stereocenters. The van der Waals surface area contributed by atoms with E-state index in [0.717, 1.165) is 17.8 Å². The van der Waals surface area contributed by atoms with E-state index >= 15 is 0 Å². The highest BCUT2D eigenvalue weighted by Gasteiger charge is 2.41. The van der Waals surface area contributed by atoms with Gasteiger partial charge in [-0.1, -0.05) is 6.07 Å². The van der Waals surface area contributed by atoms with E-state index in [1.54, 1.807) is 6.20 Å². The van der Waals surface area contributed by atoms with Crippen molar-refractivity contribution in [3.8, 4) is 5.75 Å². The van der Waals surface area contributed by atoms with E-state index in [4.69, 9.17) is 4.74 Å². The molecule has 2 aromatic rings. The number of ether oxygens (including phenoxy) is 1. The smallest absolute Gasteiger partial charge is 0.416 e. The van der Waals surface area contributed by atoms with E-state index in [1.165, 1.54) is 23.2 Å². The van der Waals surface area contributed by atoms with E-state index in [-0.39, 0.29) is 30.1 Å². The van der Waals surface area contributed by atoms with Gasteiger partial charge in [0.25, 0.3) is 0 Å². The van der Waals surface area contributed by atoms with Crippen molar-refractivity contribution in [2.75, 3.05) is 26.2 Å². The quantitative estimate of drug-likeness (QED) is 0.674. The molecule has 3 heterocycles. The third-order valence-electron chi connectivity index (χ3n) is 6.40. The summed E-state index contributed by atoms with van der Waals surface area (Å²) in [4.78, 5) is 6.33. The first kappa shape index (κ1) is 21.7. The van der Waals surface area contributed by atoms with Gasteiger partial charge in [-0.25, -0.2) is 8.42 Å². The Balaban J connectivity index is 1.24. The number of hydrogen-bond donors (Lipinski definition) is 0. The van der Waals surface area contributed by atoms with Crippen molar-refractivity contribution >= 4 is 10.0 Å². The topological polar surface area (TPSA) is 62.7 Å². The highest BCUT2D eigenvalue weighted by atomic mass is 32.2. The summed E-state index contributed by atoms with van der Waals surface area (Å²) >= 11 is 0. The number of hydrogen-bond acceptors (Lipinski definition) is 5. The third kappa shape index (κ3) is 4.35. The molecule has 1 aliphatic carbocycles. The van der Waals surface area contributed by atoms with Gasteiger partial charge in [-0.2, -0.15) is 17.5 Å².